The van der Waals surface area contributed by atoms with Crippen LogP contribution in [0.1, 0.15) is 31.4 Å². The molecule has 4 nitrogen and oxygen atoms in total. The summed E-state index contributed by atoms with van der Waals surface area (Å²) in [6, 6.07) is 3.63. The van der Waals surface area contributed by atoms with E-state index in [4.69, 9.17) is 18.0 Å². The minimum Gasteiger partial charge on any atom is -0.392 e. The van der Waals surface area contributed by atoms with Crippen molar-refractivity contribution in [3.05, 3.63) is 24.0 Å². The monoisotopic (exact) mass is 263 g/mol. The third kappa shape index (κ3) is 2.22. The van der Waals surface area contributed by atoms with Crippen molar-refractivity contribution in [1.29, 1.82) is 0 Å². The average Bonchev–Trinajstić information content (AvgIpc) is 2.82. The van der Waals surface area contributed by atoms with Crippen LogP contribution in [0.4, 0.5) is 5.69 Å². The first-order valence-corrected chi connectivity index (χ1v) is 6.50. The lowest BCUT2D eigenvalue weighted by atomic mass is 9.85. The Hall–Kier alpha value is -1.49. The molecule has 0 unspecified atom stereocenters. The highest BCUT2D eigenvalue weighted by atomic mass is 32.1. The average molecular weight is 263 g/mol. The van der Waals surface area contributed by atoms with Crippen molar-refractivity contribution in [2.24, 2.45) is 11.1 Å². The number of aromatic nitrogens is 1. The number of carbonyl (C=O) groups is 1. The molecule has 0 saturated heterocycles. The number of amides is 1. The molecule has 0 aromatic carbocycles. The molecule has 5 heteroatoms. The highest BCUT2D eigenvalue weighted by Gasteiger charge is 2.44. The maximum absolute atomic E-state index is 12.4. The maximum atomic E-state index is 12.4. The molecule has 3 N–H and O–H groups in total. The van der Waals surface area contributed by atoms with Gasteiger partial charge in [-0.15, -0.1) is 0 Å². The number of thiocarbonyl (C=S) groups is 1. The number of anilines is 1. The molecule has 96 valence electrons. The Balaban J connectivity index is 2.21. The minimum absolute atomic E-state index is 0.0939. The molecule has 0 radical (unpaired) electrons. The maximum Gasteiger partial charge on any atom is 0.237 e. The van der Waals surface area contributed by atoms with Crippen LogP contribution < -0.4 is 11.1 Å². The van der Waals surface area contributed by atoms with Gasteiger partial charge in [-0.25, -0.2) is 0 Å². The van der Waals surface area contributed by atoms with E-state index in [1.165, 1.54) is 0 Å². The molecule has 0 spiro atoms. The largest absolute Gasteiger partial charge is 0.392 e. The second kappa shape index (κ2) is 5.02. The summed E-state index contributed by atoms with van der Waals surface area (Å²) in [6.07, 6.45) is 5.18. The predicted molar refractivity (Wildman–Crippen MR) is 75.3 cm³/mol. The molecule has 1 saturated carbocycles. The Morgan fingerprint density at radius 3 is 2.72 bits per heavy atom. The second-order valence-corrected chi connectivity index (χ2v) is 5.18. The van der Waals surface area contributed by atoms with E-state index >= 15 is 0 Å². The Morgan fingerprint density at radius 1 is 1.50 bits per heavy atom. The van der Waals surface area contributed by atoms with Crippen LogP contribution in [0.25, 0.3) is 0 Å². The Labute approximate surface area is 112 Å². The summed E-state index contributed by atoms with van der Waals surface area (Å²) < 4.78 is 0. The van der Waals surface area contributed by atoms with Gasteiger partial charge in [0.15, 0.2) is 0 Å². The van der Waals surface area contributed by atoms with E-state index in [0.29, 0.717) is 4.99 Å². The molecule has 0 atom stereocenters. The number of aryl methyl sites for hydroxylation is 1. The van der Waals surface area contributed by atoms with Crippen molar-refractivity contribution >= 4 is 28.8 Å². The van der Waals surface area contributed by atoms with Gasteiger partial charge in [0.05, 0.1) is 21.8 Å². The normalized spacial score (nSPS) is 17.4. The van der Waals surface area contributed by atoms with E-state index in [2.05, 4.69) is 10.3 Å². The molecule has 1 heterocycles. The SMILES string of the molecule is Cc1ncccc1NC(=O)C1(C(N)=S)CCCC1. The van der Waals surface area contributed by atoms with E-state index in [1.807, 2.05) is 13.0 Å². The molecule has 1 aromatic rings. The number of nitrogens with one attached hydrogen (secondary N) is 1. The first-order valence-electron chi connectivity index (χ1n) is 6.09. The summed E-state index contributed by atoms with van der Waals surface area (Å²) in [4.78, 5) is 16.9. The van der Waals surface area contributed by atoms with Crippen LogP contribution in [-0.2, 0) is 4.79 Å². The van der Waals surface area contributed by atoms with Gasteiger partial charge in [-0.05, 0) is 31.9 Å². The van der Waals surface area contributed by atoms with Crippen LogP contribution in [-0.4, -0.2) is 15.9 Å². The summed E-state index contributed by atoms with van der Waals surface area (Å²) in [7, 11) is 0. The van der Waals surface area contributed by atoms with Gasteiger partial charge in [0.25, 0.3) is 0 Å². The molecule has 0 aliphatic heterocycles. The third-order valence-corrected chi connectivity index (χ3v) is 4.01. The highest BCUT2D eigenvalue weighted by molar-refractivity contribution is 7.80. The van der Waals surface area contributed by atoms with Gasteiger partial charge in [-0.1, -0.05) is 25.1 Å². The van der Waals surface area contributed by atoms with Gasteiger partial charge in [0.1, 0.15) is 0 Å². The van der Waals surface area contributed by atoms with Crippen LogP contribution in [0.2, 0.25) is 0 Å². The smallest absolute Gasteiger partial charge is 0.237 e. The van der Waals surface area contributed by atoms with Crippen molar-refractivity contribution in [2.75, 3.05) is 5.32 Å². The van der Waals surface area contributed by atoms with E-state index in [9.17, 15) is 4.79 Å². The third-order valence-electron chi connectivity index (χ3n) is 3.62. The lowest BCUT2D eigenvalue weighted by Gasteiger charge is -2.26. The Kier molecular flexibility index (Phi) is 3.61. The number of pyridine rings is 1. The topological polar surface area (TPSA) is 68.0 Å². The van der Waals surface area contributed by atoms with Crippen molar-refractivity contribution in [2.45, 2.75) is 32.6 Å². The molecule has 2 rings (SSSR count). The van der Waals surface area contributed by atoms with Gasteiger partial charge < -0.3 is 11.1 Å². The van der Waals surface area contributed by atoms with Gasteiger partial charge >= 0.3 is 0 Å². The lowest BCUT2D eigenvalue weighted by molar-refractivity contribution is -0.122. The van der Waals surface area contributed by atoms with Crippen molar-refractivity contribution < 1.29 is 4.79 Å². The van der Waals surface area contributed by atoms with Crippen molar-refractivity contribution in [1.82, 2.24) is 4.98 Å². The van der Waals surface area contributed by atoms with E-state index in [0.717, 1.165) is 37.1 Å². The second-order valence-electron chi connectivity index (χ2n) is 4.74. The van der Waals surface area contributed by atoms with Crippen LogP contribution in [0, 0.1) is 12.3 Å². The molecule has 1 aromatic heterocycles. The summed E-state index contributed by atoms with van der Waals surface area (Å²) in [5.41, 5.74) is 6.63. The summed E-state index contributed by atoms with van der Waals surface area (Å²) >= 11 is 5.09. The quantitative estimate of drug-likeness (QED) is 0.820. The van der Waals surface area contributed by atoms with Gasteiger partial charge in [-0.3, -0.25) is 9.78 Å². The number of nitrogens with two attached hydrogens (primary N) is 1. The molecule has 0 bridgehead atoms. The molecule has 1 fully saturated rings. The van der Waals surface area contributed by atoms with E-state index in [-0.39, 0.29) is 5.91 Å². The van der Waals surface area contributed by atoms with Crippen LogP contribution >= 0.6 is 12.2 Å². The Bertz CT molecular complexity index is 481. The number of rotatable bonds is 3. The number of hydrogen-bond acceptors (Lipinski definition) is 3. The minimum atomic E-state index is -0.669. The first kappa shape index (κ1) is 13.0. The summed E-state index contributed by atoms with van der Waals surface area (Å²) in [6.45, 7) is 1.86. The van der Waals surface area contributed by atoms with Crippen molar-refractivity contribution in [3.8, 4) is 0 Å². The fraction of sp³-hybridized carbons (Fsp3) is 0.462. The van der Waals surface area contributed by atoms with Crippen LogP contribution in [0.15, 0.2) is 18.3 Å². The van der Waals surface area contributed by atoms with E-state index < -0.39 is 5.41 Å². The molecule has 1 aliphatic rings. The Morgan fingerprint density at radius 2 is 2.17 bits per heavy atom. The van der Waals surface area contributed by atoms with Gasteiger partial charge in [0.2, 0.25) is 5.91 Å². The molecule has 1 aliphatic carbocycles. The zero-order valence-corrected chi connectivity index (χ0v) is 11.2. The zero-order chi connectivity index (χ0) is 13.2. The van der Waals surface area contributed by atoms with E-state index in [1.54, 1.807) is 12.3 Å². The standard InChI is InChI=1S/C13H17N3OS/c1-9-10(5-4-8-15-9)16-12(17)13(11(14)18)6-2-3-7-13/h4-5,8H,2-3,6-7H2,1H3,(H2,14,18)(H,16,17). The number of nitrogens with zero attached hydrogens (tertiary/aromatic N) is 1. The van der Waals surface area contributed by atoms with Crippen molar-refractivity contribution in [3.63, 3.8) is 0 Å². The molecule has 18 heavy (non-hydrogen) atoms. The number of carbonyl (C=O) groups excluding carboxylic acids is 1. The van der Waals surface area contributed by atoms with Crippen LogP contribution in [0.3, 0.4) is 0 Å². The fourth-order valence-electron chi connectivity index (χ4n) is 2.42. The molecular weight excluding hydrogens is 246 g/mol. The highest BCUT2D eigenvalue weighted by Crippen LogP contribution is 2.39. The van der Waals surface area contributed by atoms with Crippen LogP contribution in [0.5, 0.6) is 0 Å². The fourth-order valence-corrected chi connectivity index (χ4v) is 2.72. The lowest BCUT2D eigenvalue weighted by Crippen LogP contribution is -2.44. The van der Waals surface area contributed by atoms with Gasteiger partial charge in [-0.2, -0.15) is 0 Å². The number of hydrogen-bond donors (Lipinski definition) is 2. The predicted octanol–water partition coefficient (Wildman–Crippen LogP) is 2.18. The summed E-state index contributed by atoms with van der Waals surface area (Å²) in [5.74, 6) is -0.0939. The summed E-state index contributed by atoms with van der Waals surface area (Å²) in [5, 5.41) is 2.91. The molecular formula is C13H17N3OS. The first-order chi connectivity index (χ1) is 8.56. The molecule has 1 amide bonds. The zero-order valence-electron chi connectivity index (χ0n) is 10.4. The van der Waals surface area contributed by atoms with Gasteiger partial charge in [0, 0.05) is 6.20 Å².